The van der Waals surface area contributed by atoms with Crippen LogP contribution in [0.4, 0.5) is 10.5 Å². The topological polar surface area (TPSA) is 89.6 Å². The van der Waals surface area contributed by atoms with Crippen LogP contribution in [0, 0.1) is 0 Å². The maximum atomic E-state index is 13.0. The second kappa shape index (κ2) is 7.85. The van der Waals surface area contributed by atoms with E-state index >= 15 is 0 Å². The monoisotopic (exact) mass is 382 g/mol. The summed E-state index contributed by atoms with van der Waals surface area (Å²) >= 11 is 0. The van der Waals surface area contributed by atoms with Crippen LogP contribution in [-0.2, 0) is 18.3 Å². The van der Waals surface area contributed by atoms with Crippen molar-refractivity contribution < 1.29 is 13.9 Å². The first kappa shape index (κ1) is 18.2. The van der Waals surface area contributed by atoms with Crippen molar-refractivity contribution in [3.63, 3.8) is 0 Å². The fraction of sp³-hybridized carbons (Fsp3) is 0.350. The first-order valence-corrected chi connectivity index (χ1v) is 9.27. The van der Waals surface area contributed by atoms with Gasteiger partial charge in [-0.1, -0.05) is 6.07 Å². The Morgan fingerprint density at radius 2 is 2.25 bits per heavy atom. The number of rotatable bonds is 5. The number of fused-ring (bicyclic) bond motifs is 1. The summed E-state index contributed by atoms with van der Waals surface area (Å²) in [5.74, 6) is -0.436. The molecule has 8 nitrogen and oxygen atoms in total. The van der Waals surface area contributed by atoms with Crippen LogP contribution in [0.15, 0.2) is 51.8 Å². The molecule has 1 aromatic carbocycles. The number of pyridine rings is 1. The highest BCUT2D eigenvalue weighted by molar-refractivity contribution is 5.91. The maximum absolute atomic E-state index is 13.0. The smallest absolute Gasteiger partial charge is 0.408 e. The largest absolute Gasteiger partial charge is 0.419 e. The number of aromatic nitrogens is 2. The molecule has 0 bridgehead atoms. The predicted octanol–water partition coefficient (Wildman–Crippen LogP) is 2.74. The molecule has 0 saturated carbocycles. The van der Waals surface area contributed by atoms with Gasteiger partial charge in [0, 0.05) is 32.1 Å². The third-order valence-corrected chi connectivity index (χ3v) is 4.86. The zero-order valence-electron chi connectivity index (χ0n) is 15.6. The molecule has 0 aliphatic carbocycles. The molecule has 1 aliphatic heterocycles. The van der Waals surface area contributed by atoms with Gasteiger partial charge in [0.15, 0.2) is 5.58 Å². The molecule has 1 saturated heterocycles. The zero-order valence-corrected chi connectivity index (χ0v) is 15.6. The van der Waals surface area contributed by atoms with Crippen molar-refractivity contribution in [1.29, 1.82) is 0 Å². The lowest BCUT2D eigenvalue weighted by molar-refractivity contribution is 0.0816. The molecule has 8 heteroatoms. The second-order valence-electron chi connectivity index (χ2n) is 6.88. The number of hydrogen-bond donors (Lipinski definition) is 1. The number of hydrogen-bond acceptors (Lipinski definition) is 5. The van der Waals surface area contributed by atoms with Crippen LogP contribution in [0.3, 0.4) is 0 Å². The minimum Gasteiger partial charge on any atom is -0.408 e. The Balaban J connectivity index is 1.53. The van der Waals surface area contributed by atoms with Gasteiger partial charge in [-0.05, 0) is 43.2 Å². The lowest BCUT2D eigenvalue weighted by atomic mass is 10.2. The summed E-state index contributed by atoms with van der Waals surface area (Å²) in [7, 11) is 1.63. The normalized spacial score (nSPS) is 16.4. The van der Waals surface area contributed by atoms with E-state index in [1.807, 2.05) is 18.2 Å². The summed E-state index contributed by atoms with van der Waals surface area (Å²) in [6.45, 7) is 1.61. The van der Waals surface area contributed by atoms with Crippen LogP contribution in [0.5, 0.6) is 0 Å². The van der Waals surface area contributed by atoms with Crippen molar-refractivity contribution in [3.8, 4) is 0 Å². The first-order valence-electron chi connectivity index (χ1n) is 9.27. The van der Waals surface area contributed by atoms with E-state index in [1.165, 1.54) is 4.57 Å². The number of carbonyl (C=O) groups is 1. The lowest BCUT2D eigenvalue weighted by Crippen LogP contribution is -2.39. The highest BCUT2D eigenvalue weighted by Crippen LogP contribution is 2.20. The summed E-state index contributed by atoms with van der Waals surface area (Å²) < 4.78 is 12.2. The molecule has 4 rings (SSSR count). The Morgan fingerprint density at radius 1 is 1.36 bits per heavy atom. The van der Waals surface area contributed by atoms with Gasteiger partial charge in [0.05, 0.1) is 23.9 Å². The van der Waals surface area contributed by atoms with Crippen molar-refractivity contribution in [3.05, 3.63) is 58.8 Å². The lowest BCUT2D eigenvalue weighted by Gasteiger charge is -2.25. The van der Waals surface area contributed by atoms with Crippen LogP contribution in [0.2, 0.25) is 0 Å². The molecule has 1 unspecified atom stereocenters. The Hall–Kier alpha value is -3.13. The Kier molecular flexibility index (Phi) is 5.12. The number of benzene rings is 1. The van der Waals surface area contributed by atoms with E-state index in [0.717, 1.165) is 25.1 Å². The minimum absolute atomic E-state index is 0.0339. The van der Waals surface area contributed by atoms with Gasteiger partial charge < -0.3 is 19.4 Å². The Bertz CT molecular complexity index is 1020. The van der Waals surface area contributed by atoms with Gasteiger partial charge in [-0.15, -0.1) is 0 Å². The fourth-order valence-corrected chi connectivity index (χ4v) is 3.35. The van der Waals surface area contributed by atoms with Crippen LogP contribution in [0.1, 0.15) is 18.5 Å². The summed E-state index contributed by atoms with van der Waals surface area (Å²) in [5, 5.41) is 2.91. The highest BCUT2D eigenvalue weighted by Gasteiger charge is 2.23. The molecule has 2 amide bonds. The van der Waals surface area contributed by atoms with Crippen molar-refractivity contribution >= 4 is 22.8 Å². The predicted molar refractivity (Wildman–Crippen MR) is 104 cm³/mol. The van der Waals surface area contributed by atoms with Gasteiger partial charge in [-0.3, -0.25) is 9.55 Å². The number of ether oxygens (including phenoxy) is 1. The van der Waals surface area contributed by atoms with Crippen molar-refractivity contribution in [2.75, 3.05) is 18.5 Å². The van der Waals surface area contributed by atoms with E-state index in [9.17, 15) is 9.59 Å². The number of amides is 2. The Morgan fingerprint density at radius 3 is 3.00 bits per heavy atom. The molecule has 1 N–H and O–H groups in total. The molecule has 3 aromatic rings. The fourth-order valence-electron chi connectivity index (χ4n) is 3.35. The number of nitrogens with zero attached hydrogens (tertiary/aromatic N) is 3. The SMILES string of the molecule is Cn1c(=O)oc2ccc(NC(=O)N(Cc3ccccn3)CC3CCCO3)cc21. The summed E-state index contributed by atoms with van der Waals surface area (Å²) in [6, 6.07) is 10.5. The average Bonchev–Trinajstić information content (AvgIpc) is 3.31. The van der Waals surface area contributed by atoms with E-state index in [4.69, 9.17) is 9.15 Å². The molecule has 28 heavy (non-hydrogen) atoms. The number of nitrogens with one attached hydrogen (secondary N) is 1. The van der Waals surface area contributed by atoms with Crippen LogP contribution in [-0.4, -0.2) is 39.7 Å². The number of anilines is 1. The van der Waals surface area contributed by atoms with Crippen LogP contribution in [0.25, 0.3) is 11.1 Å². The molecular weight excluding hydrogens is 360 g/mol. The van der Waals surface area contributed by atoms with Crippen molar-refractivity contribution in [2.24, 2.45) is 7.05 Å². The molecule has 1 aliphatic rings. The maximum Gasteiger partial charge on any atom is 0.419 e. The number of urea groups is 1. The van der Waals surface area contributed by atoms with Crippen LogP contribution >= 0.6 is 0 Å². The molecule has 146 valence electrons. The van der Waals surface area contributed by atoms with Gasteiger partial charge in [0.1, 0.15) is 0 Å². The molecule has 0 radical (unpaired) electrons. The van der Waals surface area contributed by atoms with Gasteiger partial charge in [-0.2, -0.15) is 0 Å². The third kappa shape index (κ3) is 3.91. The van der Waals surface area contributed by atoms with Crippen molar-refractivity contribution in [1.82, 2.24) is 14.5 Å². The molecular formula is C20H22N4O4. The molecule has 1 fully saturated rings. The molecule has 1 atom stereocenters. The molecule has 3 heterocycles. The molecule has 0 spiro atoms. The minimum atomic E-state index is -0.436. The van der Waals surface area contributed by atoms with Crippen LogP contribution < -0.4 is 11.1 Å². The summed E-state index contributed by atoms with van der Waals surface area (Å²) in [6.07, 6.45) is 3.70. The standard InChI is InChI=1S/C20H22N4O4/c1-23-17-11-14(7-8-18(17)28-20(23)26)22-19(25)24(13-16-6-4-10-27-16)12-15-5-2-3-9-21-15/h2-3,5,7-9,11,16H,4,6,10,12-13H2,1H3,(H,22,25). The number of carbonyl (C=O) groups excluding carboxylic acids is 1. The third-order valence-electron chi connectivity index (χ3n) is 4.86. The quantitative estimate of drug-likeness (QED) is 0.733. The van der Waals surface area contributed by atoms with Gasteiger partial charge in [-0.25, -0.2) is 9.59 Å². The molecule has 2 aromatic heterocycles. The summed E-state index contributed by atoms with van der Waals surface area (Å²) in [4.78, 5) is 30.7. The van der Waals surface area contributed by atoms with Gasteiger partial charge in [0.25, 0.3) is 0 Å². The number of aryl methyl sites for hydroxylation is 1. The first-order chi connectivity index (χ1) is 13.6. The number of oxazole rings is 1. The average molecular weight is 382 g/mol. The van der Waals surface area contributed by atoms with Gasteiger partial charge in [0.2, 0.25) is 0 Å². The van der Waals surface area contributed by atoms with Gasteiger partial charge >= 0.3 is 11.8 Å². The van der Waals surface area contributed by atoms with E-state index in [0.29, 0.717) is 29.9 Å². The van der Waals surface area contributed by atoms with E-state index in [2.05, 4.69) is 10.3 Å². The summed E-state index contributed by atoms with van der Waals surface area (Å²) in [5.41, 5.74) is 2.50. The van der Waals surface area contributed by atoms with Crippen molar-refractivity contribution in [2.45, 2.75) is 25.5 Å². The highest BCUT2D eigenvalue weighted by atomic mass is 16.5. The van der Waals surface area contributed by atoms with E-state index < -0.39 is 5.76 Å². The zero-order chi connectivity index (χ0) is 19.5. The van der Waals surface area contributed by atoms with E-state index in [1.54, 1.807) is 36.3 Å². The second-order valence-corrected chi connectivity index (χ2v) is 6.88. The Labute approximate surface area is 161 Å². The van der Waals surface area contributed by atoms with E-state index in [-0.39, 0.29) is 12.1 Å².